The highest BCUT2D eigenvalue weighted by atomic mass is 16.7. The molecule has 0 spiro atoms. The summed E-state index contributed by atoms with van der Waals surface area (Å²) in [5.41, 5.74) is 2.62. The zero-order valence-electron chi connectivity index (χ0n) is 12.1. The number of H-pyrrole nitrogens is 1. The number of likely N-dealkylation sites (N-methyl/N-ethyl adjacent to an activating group) is 1. The van der Waals surface area contributed by atoms with Gasteiger partial charge in [0, 0.05) is 24.0 Å². The van der Waals surface area contributed by atoms with Crippen molar-refractivity contribution in [3.8, 4) is 11.6 Å². The van der Waals surface area contributed by atoms with Crippen molar-refractivity contribution in [2.24, 2.45) is 0 Å². The molecule has 0 saturated heterocycles. The van der Waals surface area contributed by atoms with Gasteiger partial charge in [0.1, 0.15) is 5.75 Å². The lowest BCUT2D eigenvalue weighted by Crippen LogP contribution is -2.19. The van der Waals surface area contributed by atoms with Gasteiger partial charge in [-0.25, -0.2) is 4.79 Å². The van der Waals surface area contributed by atoms with Crippen molar-refractivity contribution >= 4 is 17.1 Å². The minimum absolute atomic E-state index is 0.151. The van der Waals surface area contributed by atoms with Crippen molar-refractivity contribution in [2.45, 2.75) is 19.9 Å². The zero-order chi connectivity index (χ0) is 15.0. The maximum absolute atomic E-state index is 11.6. The number of benzene rings is 1. The van der Waals surface area contributed by atoms with Gasteiger partial charge in [-0.3, -0.25) is 0 Å². The number of phenols is 1. The van der Waals surface area contributed by atoms with Gasteiger partial charge < -0.3 is 24.5 Å². The van der Waals surface area contributed by atoms with Gasteiger partial charge in [-0.15, -0.1) is 0 Å². The fourth-order valence-electron chi connectivity index (χ4n) is 2.75. The average Bonchev–Trinajstić information content (AvgIpc) is 2.69. The topological polar surface area (TPSA) is 74.8 Å². The van der Waals surface area contributed by atoms with Gasteiger partial charge in [0.2, 0.25) is 5.88 Å². The Bertz CT molecular complexity index is 693. The first-order chi connectivity index (χ1) is 10.1. The number of ether oxygens (including phenoxy) is 2. The first kappa shape index (κ1) is 13.8. The first-order valence-electron chi connectivity index (χ1n) is 6.98. The number of carbonyl (C=O) groups is 1. The van der Waals surface area contributed by atoms with Crippen LogP contribution in [0, 0.1) is 0 Å². The van der Waals surface area contributed by atoms with E-state index in [2.05, 4.69) is 9.88 Å². The second-order valence-corrected chi connectivity index (χ2v) is 5.20. The molecule has 6 nitrogen and oxygen atoms in total. The third kappa shape index (κ3) is 2.42. The van der Waals surface area contributed by atoms with E-state index in [-0.39, 0.29) is 12.4 Å². The van der Waals surface area contributed by atoms with Crippen LogP contribution in [0.2, 0.25) is 0 Å². The number of rotatable bonds is 2. The molecule has 1 aliphatic heterocycles. The van der Waals surface area contributed by atoms with E-state index >= 15 is 0 Å². The fraction of sp³-hybridized carbons (Fsp3) is 0.400. The van der Waals surface area contributed by atoms with E-state index in [9.17, 15) is 9.90 Å². The van der Waals surface area contributed by atoms with Gasteiger partial charge >= 0.3 is 6.16 Å². The van der Waals surface area contributed by atoms with Crippen LogP contribution in [0.3, 0.4) is 0 Å². The number of aromatic hydroxyl groups is 1. The van der Waals surface area contributed by atoms with E-state index in [1.165, 1.54) is 0 Å². The summed E-state index contributed by atoms with van der Waals surface area (Å²) in [5, 5.41) is 11.0. The smallest absolute Gasteiger partial charge is 0.506 e. The number of aromatic nitrogens is 1. The van der Waals surface area contributed by atoms with E-state index in [0.717, 1.165) is 29.5 Å². The molecule has 21 heavy (non-hydrogen) atoms. The standard InChI is InChI=1S/C15H18N2O4/c1-3-20-15(19)21-14-10-8-17(2)7-6-9-4-5-11(18)13(16-14)12(9)10/h4-5,16,18H,3,6-8H2,1-2H3. The van der Waals surface area contributed by atoms with Gasteiger partial charge in [0.25, 0.3) is 0 Å². The summed E-state index contributed by atoms with van der Waals surface area (Å²) >= 11 is 0. The summed E-state index contributed by atoms with van der Waals surface area (Å²) < 4.78 is 10.1. The molecule has 2 N–H and O–H groups in total. The normalized spacial score (nSPS) is 15.0. The Morgan fingerprint density at radius 1 is 1.48 bits per heavy atom. The highest BCUT2D eigenvalue weighted by Crippen LogP contribution is 2.38. The Morgan fingerprint density at radius 2 is 2.29 bits per heavy atom. The van der Waals surface area contributed by atoms with Crippen molar-refractivity contribution in [3.63, 3.8) is 0 Å². The van der Waals surface area contributed by atoms with Crippen molar-refractivity contribution in [1.29, 1.82) is 0 Å². The van der Waals surface area contributed by atoms with E-state index in [0.29, 0.717) is 17.9 Å². The molecule has 0 amide bonds. The van der Waals surface area contributed by atoms with Crippen molar-refractivity contribution in [2.75, 3.05) is 20.2 Å². The predicted octanol–water partition coefficient (Wildman–Crippen LogP) is 2.40. The molecule has 0 unspecified atom stereocenters. The highest BCUT2D eigenvalue weighted by molar-refractivity contribution is 5.94. The molecule has 0 saturated carbocycles. The minimum atomic E-state index is -0.742. The van der Waals surface area contributed by atoms with Crippen LogP contribution in [0.15, 0.2) is 12.1 Å². The Morgan fingerprint density at radius 3 is 3.05 bits per heavy atom. The van der Waals surface area contributed by atoms with Crippen LogP contribution in [0.4, 0.5) is 4.79 Å². The second kappa shape index (κ2) is 5.29. The third-order valence-corrected chi connectivity index (χ3v) is 3.72. The fourth-order valence-corrected chi connectivity index (χ4v) is 2.75. The molecule has 1 aliphatic rings. The molecule has 0 atom stereocenters. The van der Waals surface area contributed by atoms with Gasteiger partial charge in [0.05, 0.1) is 12.1 Å². The number of nitrogens with zero attached hydrogens (tertiary/aromatic N) is 1. The highest BCUT2D eigenvalue weighted by Gasteiger charge is 2.24. The zero-order valence-corrected chi connectivity index (χ0v) is 12.1. The maximum Gasteiger partial charge on any atom is 0.515 e. The summed E-state index contributed by atoms with van der Waals surface area (Å²) in [6.07, 6.45) is 0.144. The molecular weight excluding hydrogens is 272 g/mol. The van der Waals surface area contributed by atoms with Crippen molar-refractivity contribution in [1.82, 2.24) is 9.88 Å². The van der Waals surface area contributed by atoms with Crippen LogP contribution < -0.4 is 4.74 Å². The van der Waals surface area contributed by atoms with Crippen molar-refractivity contribution in [3.05, 3.63) is 23.3 Å². The van der Waals surface area contributed by atoms with Gasteiger partial charge in [0.15, 0.2) is 0 Å². The number of hydrogen-bond acceptors (Lipinski definition) is 5. The molecule has 1 aromatic heterocycles. The largest absolute Gasteiger partial charge is 0.515 e. The van der Waals surface area contributed by atoms with Gasteiger partial charge in [-0.2, -0.15) is 0 Å². The summed E-state index contributed by atoms with van der Waals surface area (Å²) in [5.74, 6) is 0.498. The van der Waals surface area contributed by atoms with Crippen LogP contribution in [0.5, 0.6) is 11.6 Å². The molecule has 1 aromatic carbocycles. The Balaban J connectivity index is 2.12. The summed E-state index contributed by atoms with van der Waals surface area (Å²) in [4.78, 5) is 16.7. The molecule has 112 valence electrons. The molecule has 0 bridgehead atoms. The number of aromatic amines is 1. The van der Waals surface area contributed by atoms with E-state index in [4.69, 9.17) is 9.47 Å². The molecule has 0 fully saturated rings. The van der Waals surface area contributed by atoms with E-state index in [1.807, 2.05) is 13.1 Å². The Labute approximate surface area is 122 Å². The third-order valence-electron chi connectivity index (χ3n) is 3.72. The lowest BCUT2D eigenvalue weighted by Gasteiger charge is -2.13. The summed E-state index contributed by atoms with van der Waals surface area (Å²) in [6.45, 7) is 3.53. The number of nitrogens with one attached hydrogen (secondary N) is 1. The Hall–Kier alpha value is -2.21. The molecule has 0 radical (unpaired) electrons. The molecule has 6 heteroatoms. The molecule has 0 aliphatic carbocycles. The molecule has 2 heterocycles. The monoisotopic (exact) mass is 290 g/mol. The van der Waals surface area contributed by atoms with Crippen molar-refractivity contribution < 1.29 is 19.4 Å². The minimum Gasteiger partial charge on any atom is -0.506 e. The van der Waals surface area contributed by atoms with Gasteiger partial charge in [-0.1, -0.05) is 6.07 Å². The number of hydrogen-bond donors (Lipinski definition) is 2. The van der Waals surface area contributed by atoms with Gasteiger partial charge in [-0.05, 0) is 32.0 Å². The second-order valence-electron chi connectivity index (χ2n) is 5.20. The van der Waals surface area contributed by atoms with Crippen LogP contribution >= 0.6 is 0 Å². The van der Waals surface area contributed by atoms with Crippen LogP contribution in [0.1, 0.15) is 18.1 Å². The summed E-state index contributed by atoms with van der Waals surface area (Å²) in [6, 6.07) is 3.58. The van der Waals surface area contributed by atoms with Crippen LogP contribution in [-0.2, 0) is 17.7 Å². The molecular formula is C15H18N2O4. The SMILES string of the molecule is CCOC(=O)Oc1[nH]c2c(O)ccc3c2c1CN(C)CC3. The van der Waals surface area contributed by atoms with Crippen LogP contribution in [0.25, 0.3) is 10.9 Å². The lowest BCUT2D eigenvalue weighted by atomic mass is 10.0. The summed E-state index contributed by atoms with van der Waals surface area (Å²) in [7, 11) is 2.01. The molecule has 3 rings (SSSR count). The number of phenolic OH excluding ortho intramolecular Hbond substituents is 1. The maximum atomic E-state index is 11.6. The van der Waals surface area contributed by atoms with Crippen LogP contribution in [-0.4, -0.2) is 41.3 Å². The predicted molar refractivity (Wildman–Crippen MR) is 77.7 cm³/mol. The van der Waals surface area contributed by atoms with E-state index < -0.39 is 6.16 Å². The quantitative estimate of drug-likeness (QED) is 0.831. The van der Waals surface area contributed by atoms with E-state index in [1.54, 1.807) is 13.0 Å². The number of carbonyl (C=O) groups excluding carboxylic acids is 1. The lowest BCUT2D eigenvalue weighted by molar-refractivity contribution is 0.102. The average molecular weight is 290 g/mol. The first-order valence-corrected chi connectivity index (χ1v) is 6.98. The molecule has 2 aromatic rings. The Kier molecular flexibility index (Phi) is 3.47.